The number of carbonyl (C=O) groups excluding carboxylic acids is 2. The summed E-state index contributed by atoms with van der Waals surface area (Å²) >= 11 is 1.37. The SMILES string of the molecule is CCCC1(O)CN(C(=O)CCSCC(N)=O)C1. The van der Waals surface area contributed by atoms with E-state index in [0.717, 1.165) is 12.8 Å². The number of primary amides is 1. The van der Waals surface area contributed by atoms with Crippen molar-refractivity contribution in [2.75, 3.05) is 24.6 Å². The van der Waals surface area contributed by atoms with E-state index in [9.17, 15) is 14.7 Å². The predicted octanol–water partition coefficient (Wildman–Crippen LogP) is -0.0316. The van der Waals surface area contributed by atoms with Crippen LogP contribution in [0.3, 0.4) is 0 Å². The normalized spacial score (nSPS) is 17.6. The first-order valence-electron chi connectivity index (χ1n) is 5.83. The molecule has 17 heavy (non-hydrogen) atoms. The monoisotopic (exact) mass is 260 g/mol. The summed E-state index contributed by atoms with van der Waals surface area (Å²) in [6, 6.07) is 0. The van der Waals surface area contributed by atoms with Crippen molar-refractivity contribution in [2.24, 2.45) is 5.73 Å². The lowest BCUT2D eigenvalue weighted by Gasteiger charge is -2.46. The Bertz CT molecular complexity index is 290. The first kappa shape index (κ1) is 14.3. The van der Waals surface area contributed by atoms with Crippen molar-refractivity contribution < 1.29 is 14.7 Å². The number of β-amino-alcohol motifs (C(OH)–C–C–N with tert-alkyl or cyclic N) is 1. The molecule has 0 saturated carbocycles. The second-order valence-corrected chi connectivity index (χ2v) is 5.60. The summed E-state index contributed by atoms with van der Waals surface area (Å²) in [5, 5.41) is 9.91. The van der Waals surface area contributed by atoms with Crippen molar-refractivity contribution in [3.8, 4) is 0 Å². The zero-order valence-electron chi connectivity index (χ0n) is 10.1. The number of carbonyl (C=O) groups is 2. The van der Waals surface area contributed by atoms with E-state index in [-0.39, 0.29) is 17.6 Å². The van der Waals surface area contributed by atoms with Gasteiger partial charge in [0.1, 0.15) is 0 Å². The van der Waals surface area contributed by atoms with Gasteiger partial charge in [0.15, 0.2) is 0 Å². The van der Waals surface area contributed by atoms with Gasteiger partial charge in [-0.3, -0.25) is 9.59 Å². The summed E-state index contributed by atoms with van der Waals surface area (Å²) in [7, 11) is 0. The quantitative estimate of drug-likeness (QED) is 0.630. The van der Waals surface area contributed by atoms with E-state index >= 15 is 0 Å². The molecule has 0 unspecified atom stereocenters. The van der Waals surface area contributed by atoms with Crippen LogP contribution < -0.4 is 5.73 Å². The van der Waals surface area contributed by atoms with Crippen LogP contribution in [0.15, 0.2) is 0 Å². The Balaban J connectivity index is 2.13. The molecule has 2 amide bonds. The summed E-state index contributed by atoms with van der Waals surface area (Å²) in [4.78, 5) is 23.8. The van der Waals surface area contributed by atoms with Gasteiger partial charge in [0.25, 0.3) is 0 Å². The van der Waals surface area contributed by atoms with E-state index in [1.165, 1.54) is 11.8 Å². The lowest BCUT2D eigenvalue weighted by molar-refractivity contribution is -0.156. The molecule has 0 aromatic rings. The molecule has 98 valence electrons. The van der Waals surface area contributed by atoms with E-state index in [4.69, 9.17) is 5.73 Å². The highest BCUT2D eigenvalue weighted by atomic mass is 32.2. The minimum Gasteiger partial charge on any atom is -0.386 e. The zero-order valence-corrected chi connectivity index (χ0v) is 11.0. The number of thioether (sulfide) groups is 1. The molecule has 1 fully saturated rings. The van der Waals surface area contributed by atoms with Gasteiger partial charge in [-0.15, -0.1) is 0 Å². The fraction of sp³-hybridized carbons (Fsp3) is 0.818. The van der Waals surface area contributed by atoms with E-state index in [1.54, 1.807) is 4.90 Å². The summed E-state index contributed by atoms with van der Waals surface area (Å²) in [5.74, 6) is 0.545. The van der Waals surface area contributed by atoms with Crippen LogP contribution in [-0.4, -0.2) is 52.0 Å². The highest BCUT2D eigenvalue weighted by molar-refractivity contribution is 7.99. The molecule has 0 aliphatic carbocycles. The fourth-order valence-electron chi connectivity index (χ4n) is 1.95. The van der Waals surface area contributed by atoms with Crippen LogP contribution in [0.5, 0.6) is 0 Å². The van der Waals surface area contributed by atoms with Crippen LogP contribution in [0.4, 0.5) is 0 Å². The minimum atomic E-state index is -0.662. The van der Waals surface area contributed by atoms with Gasteiger partial charge < -0.3 is 15.7 Å². The number of nitrogens with two attached hydrogens (primary N) is 1. The Morgan fingerprint density at radius 1 is 1.47 bits per heavy atom. The smallest absolute Gasteiger partial charge is 0.227 e. The van der Waals surface area contributed by atoms with Gasteiger partial charge >= 0.3 is 0 Å². The van der Waals surface area contributed by atoms with Crippen LogP contribution in [0.2, 0.25) is 0 Å². The molecule has 1 saturated heterocycles. The van der Waals surface area contributed by atoms with Gasteiger partial charge in [0, 0.05) is 12.2 Å². The maximum atomic E-state index is 11.6. The Hall–Kier alpha value is -0.750. The van der Waals surface area contributed by atoms with Crippen molar-refractivity contribution in [1.82, 2.24) is 4.90 Å². The van der Waals surface area contributed by atoms with Gasteiger partial charge in [0.05, 0.1) is 24.4 Å². The van der Waals surface area contributed by atoms with Crippen molar-refractivity contribution >= 4 is 23.6 Å². The number of hydrogen-bond donors (Lipinski definition) is 2. The molecule has 0 bridgehead atoms. The summed E-state index contributed by atoms with van der Waals surface area (Å²) < 4.78 is 0. The van der Waals surface area contributed by atoms with Crippen molar-refractivity contribution in [2.45, 2.75) is 31.8 Å². The summed E-state index contributed by atoms with van der Waals surface area (Å²) in [5.41, 5.74) is 4.33. The van der Waals surface area contributed by atoms with Gasteiger partial charge in [-0.2, -0.15) is 11.8 Å². The Morgan fingerprint density at radius 3 is 2.65 bits per heavy atom. The van der Waals surface area contributed by atoms with Crippen LogP contribution in [-0.2, 0) is 9.59 Å². The number of rotatable bonds is 7. The van der Waals surface area contributed by atoms with Gasteiger partial charge in [-0.05, 0) is 6.42 Å². The summed E-state index contributed by atoms with van der Waals surface area (Å²) in [6.45, 7) is 2.91. The first-order valence-corrected chi connectivity index (χ1v) is 6.98. The molecule has 0 radical (unpaired) electrons. The molecule has 5 nitrogen and oxygen atoms in total. The highest BCUT2D eigenvalue weighted by Gasteiger charge is 2.42. The molecular formula is C11H20N2O3S. The maximum Gasteiger partial charge on any atom is 0.227 e. The van der Waals surface area contributed by atoms with Crippen LogP contribution >= 0.6 is 11.8 Å². The van der Waals surface area contributed by atoms with Gasteiger partial charge in [-0.1, -0.05) is 13.3 Å². The van der Waals surface area contributed by atoms with Crippen LogP contribution in [0.25, 0.3) is 0 Å². The minimum absolute atomic E-state index is 0.0442. The number of amides is 2. The number of likely N-dealkylation sites (tertiary alicyclic amines) is 1. The fourth-order valence-corrected chi connectivity index (χ4v) is 2.62. The number of hydrogen-bond acceptors (Lipinski definition) is 4. The molecule has 0 aromatic heterocycles. The molecular weight excluding hydrogens is 240 g/mol. The van der Waals surface area contributed by atoms with E-state index < -0.39 is 5.60 Å². The molecule has 0 spiro atoms. The lowest BCUT2D eigenvalue weighted by Crippen LogP contribution is -2.63. The number of nitrogens with zero attached hydrogens (tertiary/aromatic N) is 1. The van der Waals surface area contributed by atoms with E-state index in [1.807, 2.05) is 6.92 Å². The lowest BCUT2D eigenvalue weighted by atomic mass is 9.89. The largest absolute Gasteiger partial charge is 0.386 e. The van der Waals surface area contributed by atoms with Crippen LogP contribution in [0.1, 0.15) is 26.2 Å². The first-order chi connectivity index (χ1) is 7.97. The Labute approximate surface area is 106 Å². The topological polar surface area (TPSA) is 83.6 Å². The van der Waals surface area contributed by atoms with Crippen molar-refractivity contribution in [1.29, 1.82) is 0 Å². The zero-order chi connectivity index (χ0) is 12.9. The highest BCUT2D eigenvalue weighted by Crippen LogP contribution is 2.26. The van der Waals surface area contributed by atoms with Gasteiger partial charge in [-0.25, -0.2) is 0 Å². The predicted molar refractivity (Wildman–Crippen MR) is 67.6 cm³/mol. The van der Waals surface area contributed by atoms with E-state index in [0.29, 0.717) is 25.3 Å². The summed E-state index contributed by atoms with van der Waals surface area (Å²) in [6.07, 6.45) is 2.07. The molecule has 3 N–H and O–H groups in total. The van der Waals surface area contributed by atoms with Gasteiger partial charge in [0.2, 0.25) is 11.8 Å². The molecule has 0 aromatic carbocycles. The van der Waals surface area contributed by atoms with Crippen molar-refractivity contribution in [3.63, 3.8) is 0 Å². The Morgan fingerprint density at radius 2 is 2.12 bits per heavy atom. The third-order valence-electron chi connectivity index (χ3n) is 2.74. The molecule has 1 rings (SSSR count). The average Bonchev–Trinajstić information content (AvgIpc) is 2.20. The molecule has 1 aliphatic heterocycles. The second-order valence-electron chi connectivity index (χ2n) is 4.49. The van der Waals surface area contributed by atoms with Crippen molar-refractivity contribution in [3.05, 3.63) is 0 Å². The molecule has 6 heteroatoms. The number of aliphatic hydroxyl groups is 1. The van der Waals surface area contributed by atoms with E-state index in [2.05, 4.69) is 0 Å². The molecule has 0 atom stereocenters. The average molecular weight is 260 g/mol. The van der Waals surface area contributed by atoms with Crippen LogP contribution in [0, 0.1) is 0 Å². The second kappa shape index (κ2) is 6.26. The Kier molecular flexibility index (Phi) is 5.27. The maximum absolute atomic E-state index is 11.6. The molecule has 1 heterocycles. The third-order valence-corrected chi connectivity index (χ3v) is 3.72. The standard InChI is InChI=1S/C11H20N2O3S/c1-2-4-11(16)7-13(8-11)10(15)3-5-17-6-9(12)14/h16H,2-8H2,1H3,(H2,12,14). The third kappa shape index (κ3) is 4.55. The molecule has 1 aliphatic rings.